The third-order valence-corrected chi connectivity index (χ3v) is 6.29. The molecule has 1 aliphatic rings. The highest BCUT2D eigenvalue weighted by Crippen LogP contribution is 2.31. The molecule has 2 heterocycles. The standard InChI is InChI=1S/C22H22IN3O/c23-18-10-4-3-9-17(18)22(27)26-14-6-5-11-19(26)20(24)21-16-8-2-1-7-15(16)12-13-25-21/h1-4,7-10,12-13,19-20H,5-6,11,14,24H2. The first-order chi connectivity index (χ1) is 13.2. The van der Waals surface area contributed by atoms with Gasteiger partial charge in [0.25, 0.3) is 5.91 Å². The molecule has 1 amide bonds. The summed E-state index contributed by atoms with van der Waals surface area (Å²) in [7, 11) is 0. The second kappa shape index (κ2) is 7.94. The molecule has 0 aliphatic carbocycles. The van der Waals surface area contributed by atoms with E-state index in [-0.39, 0.29) is 18.0 Å². The lowest BCUT2D eigenvalue weighted by atomic mass is 9.91. The van der Waals surface area contributed by atoms with E-state index in [1.807, 2.05) is 53.6 Å². The molecule has 2 N–H and O–H groups in total. The number of carbonyl (C=O) groups excluding carboxylic acids is 1. The third kappa shape index (κ3) is 3.58. The van der Waals surface area contributed by atoms with E-state index in [4.69, 9.17) is 5.73 Å². The average molecular weight is 471 g/mol. The lowest BCUT2D eigenvalue weighted by Gasteiger charge is -2.39. The number of hydrogen-bond acceptors (Lipinski definition) is 3. The van der Waals surface area contributed by atoms with Crippen molar-refractivity contribution in [1.29, 1.82) is 0 Å². The molecular formula is C22H22IN3O. The number of piperidine rings is 1. The molecule has 5 heteroatoms. The van der Waals surface area contributed by atoms with Gasteiger partial charge in [-0.15, -0.1) is 0 Å². The van der Waals surface area contributed by atoms with Gasteiger partial charge < -0.3 is 10.6 Å². The lowest BCUT2D eigenvalue weighted by Crippen LogP contribution is -2.49. The van der Waals surface area contributed by atoms with Crippen molar-refractivity contribution < 1.29 is 4.79 Å². The van der Waals surface area contributed by atoms with E-state index in [2.05, 4.69) is 39.7 Å². The Morgan fingerprint density at radius 1 is 1.11 bits per heavy atom. The van der Waals surface area contributed by atoms with Crippen molar-refractivity contribution in [3.63, 3.8) is 0 Å². The van der Waals surface area contributed by atoms with Gasteiger partial charge in [0.2, 0.25) is 0 Å². The van der Waals surface area contributed by atoms with E-state index in [0.29, 0.717) is 0 Å². The van der Waals surface area contributed by atoms with Crippen LogP contribution >= 0.6 is 22.6 Å². The predicted molar refractivity (Wildman–Crippen MR) is 117 cm³/mol. The number of likely N-dealkylation sites (tertiary alicyclic amines) is 1. The van der Waals surface area contributed by atoms with Gasteiger partial charge in [-0.1, -0.05) is 36.4 Å². The maximum absolute atomic E-state index is 13.3. The van der Waals surface area contributed by atoms with Crippen LogP contribution in [0.4, 0.5) is 0 Å². The summed E-state index contributed by atoms with van der Waals surface area (Å²) in [5.74, 6) is 0.0698. The van der Waals surface area contributed by atoms with Gasteiger partial charge in [-0.05, 0) is 65.4 Å². The smallest absolute Gasteiger partial charge is 0.255 e. The topological polar surface area (TPSA) is 59.2 Å². The molecule has 2 unspecified atom stereocenters. The maximum Gasteiger partial charge on any atom is 0.255 e. The Bertz CT molecular complexity index is 969. The van der Waals surface area contributed by atoms with Crippen molar-refractivity contribution >= 4 is 39.3 Å². The fourth-order valence-corrected chi connectivity index (χ4v) is 4.58. The minimum Gasteiger partial charge on any atom is -0.334 e. The second-order valence-corrected chi connectivity index (χ2v) is 8.15. The number of nitrogens with two attached hydrogens (primary N) is 1. The molecule has 27 heavy (non-hydrogen) atoms. The average Bonchev–Trinajstić information content (AvgIpc) is 2.73. The van der Waals surface area contributed by atoms with Crippen LogP contribution in [-0.2, 0) is 0 Å². The number of aromatic nitrogens is 1. The van der Waals surface area contributed by atoms with Crippen molar-refractivity contribution in [3.8, 4) is 0 Å². The van der Waals surface area contributed by atoms with Crippen LogP contribution in [0.25, 0.3) is 10.8 Å². The Hall–Kier alpha value is -1.99. The van der Waals surface area contributed by atoms with Crippen LogP contribution in [0.3, 0.4) is 0 Å². The van der Waals surface area contributed by atoms with Crippen LogP contribution < -0.4 is 5.73 Å². The molecule has 4 rings (SSSR count). The van der Waals surface area contributed by atoms with Crippen LogP contribution in [0.1, 0.15) is 41.4 Å². The first kappa shape index (κ1) is 18.4. The number of carbonyl (C=O) groups is 1. The Kier molecular flexibility index (Phi) is 5.41. The highest BCUT2D eigenvalue weighted by atomic mass is 127. The molecule has 1 saturated heterocycles. The molecule has 0 spiro atoms. The van der Waals surface area contributed by atoms with E-state index in [9.17, 15) is 4.79 Å². The molecule has 1 fully saturated rings. The molecule has 0 bridgehead atoms. The fourth-order valence-electron chi connectivity index (χ4n) is 3.96. The Balaban J connectivity index is 1.70. The van der Waals surface area contributed by atoms with Crippen molar-refractivity contribution in [3.05, 3.63) is 75.6 Å². The zero-order chi connectivity index (χ0) is 18.8. The van der Waals surface area contributed by atoms with Crippen molar-refractivity contribution in [1.82, 2.24) is 9.88 Å². The van der Waals surface area contributed by atoms with Crippen LogP contribution in [0.2, 0.25) is 0 Å². The maximum atomic E-state index is 13.3. The van der Waals surface area contributed by atoms with E-state index in [1.54, 1.807) is 0 Å². The van der Waals surface area contributed by atoms with Crippen LogP contribution in [0.5, 0.6) is 0 Å². The zero-order valence-electron chi connectivity index (χ0n) is 15.0. The van der Waals surface area contributed by atoms with Gasteiger partial charge in [-0.25, -0.2) is 0 Å². The summed E-state index contributed by atoms with van der Waals surface area (Å²) >= 11 is 2.23. The van der Waals surface area contributed by atoms with Gasteiger partial charge in [0.15, 0.2) is 0 Å². The first-order valence-electron chi connectivity index (χ1n) is 9.31. The quantitative estimate of drug-likeness (QED) is 0.571. The largest absolute Gasteiger partial charge is 0.334 e. The van der Waals surface area contributed by atoms with E-state index in [1.165, 1.54) is 0 Å². The summed E-state index contributed by atoms with van der Waals surface area (Å²) in [6.07, 6.45) is 4.81. The van der Waals surface area contributed by atoms with Gasteiger partial charge in [-0.2, -0.15) is 0 Å². The van der Waals surface area contributed by atoms with Gasteiger partial charge in [0.05, 0.1) is 23.3 Å². The Labute approximate surface area is 172 Å². The van der Waals surface area contributed by atoms with Gasteiger partial charge in [-0.3, -0.25) is 9.78 Å². The SMILES string of the molecule is NC(c1nccc2ccccc12)C1CCCCN1C(=O)c1ccccc1I. The summed E-state index contributed by atoms with van der Waals surface area (Å²) in [5, 5.41) is 2.20. The first-order valence-corrected chi connectivity index (χ1v) is 10.4. The summed E-state index contributed by atoms with van der Waals surface area (Å²) < 4.78 is 0.973. The minimum atomic E-state index is -0.304. The number of pyridine rings is 1. The number of rotatable bonds is 3. The number of fused-ring (bicyclic) bond motifs is 1. The summed E-state index contributed by atoms with van der Waals surface area (Å²) in [5.41, 5.74) is 8.35. The predicted octanol–water partition coefficient (Wildman–Crippen LogP) is 4.53. The van der Waals surface area contributed by atoms with E-state index < -0.39 is 0 Å². The van der Waals surface area contributed by atoms with Crippen LogP contribution in [-0.4, -0.2) is 28.4 Å². The third-order valence-electron chi connectivity index (χ3n) is 5.35. The van der Waals surface area contributed by atoms with Crippen molar-refractivity contribution in [2.75, 3.05) is 6.54 Å². The molecule has 2 aromatic carbocycles. The Morgan fingerprint density at radius 2 is 1.89 bits per heavy atom. The molecule has 3 aromatic rings. The molecule has 1 aromatic heterocycles. The molecular weight excluding hydrogens is 449 g/mol. The molecule has 1 aliphatic heterocycles. The zero-order valence-corrected chi connectivity index (χ0v) is 17.2. The summed E-state index contributed by atoms with van der Waals surface area (Å²) in [4.78, 5) is 19.8. The monoisotopic (exact) mass is 471 g/mol. The van der Waals surface area contributed by atoms with Crippen LogP contribution in [0, 0.1) is 3.57 Å². The Morgan fingerprint density at radius 3 is 2.74 bits per heavy atom. The number of benzene rings is 2. The van der Waals surface area contributed by atoms with Crippen molar-refractivity contribution in [2.45, 2.75) is 31.3 Å². The number of nitrogens with zero attached hydrogens (tertiary/aromatic N) is 2. The lowest BCUT2D eigenvalue weighted by molar-refractivity contribution is 0.0572. The number of halogens is 1. The van der Waals surface area contributed by atoms with Gasteiger partial charge >= 0.3 is 0 Å². The summed E-state index contributed by atoms with van der Waals surface area (Å²) in [6.45, 7) is 0.743. The number of amides is 1. The van der Waals surface area contributed by atoms with E-state index >= 15 is 0 Å². The molecule has 138 valence electrons. The molecule has 0 saturated carbocycles. The highest BCUT2D eigenvalue weighted by molar-refractivity contribution is 14.1. The minimum absolute atomic E-state index is 0.0411. The van der Waals surface area contributed by atoms with Gasteiger partial charge in [0, 0.05) is 21.7 Å². The second-order valence-electron chi connectivity index (χ2n) is 6.98. The van der Waals surface area contributed by atoms with E-state index in [0.717, 1.165) is 51.4 Å². The molecule has 0 radical (unpaired) electrons. The number of hydrogen-bond donors (Lipinski definition) is 1. The van der Waals surface area contributed by atoms with Gasteiger partial charge in [0.1, 0.15) is 0 Å². The van der Waals surface area contributed by atoms with Crippen LogP contribution in [0.15, 0.2) is 60.8 Å². The fraction of sp³-hybridized carbons (Fsp3) is 0.273. The summed E-state index contributed by atoms with van der Waals surface area (Å²) in [6, 6.07) is 17.6. The van der Waals surface area contributed by atoms with Crippen molar-refractivity contribution in [2.24, 2.45) is 5.73 Å². The normalized spacial score (nSPS) is 18.4. The highest BCUT2D eigenvalue weighted by Gasteiger charge is 2.34. The molecule has 4 nitrogen and oxygen atoms in total. The molecule has 2 atom stereocenters.